The summed E-state index contributed by atoms with van der Waals surface area (Å²) in [7, 11) is 0. The van der Waals surface area contributed by atoms with E-state index in [1.807, 2.05) is 0 Å². The molecule has 2 N–H and O–H groups in total. The average Bonchev–Trinajstić information content (AvgIpc) is 2.30. The third-order valence-electron chi connectivity index (χ3n) is 4.88. The van der Waals surface area contributed by atoms with Crippen LogP contribution < -0.4 is 5.73 Å². The Kier molecular flexibility index (Phi) is 4.02. The molecule has 1 aliphatic rings. The predicted octanol–water partition coefficient (Wildman–Crippen LogP) is 3.18. The van der Waals surface area contributed by atoms with Gasteiger partial charge in [0.15, 0.2) is 0 Å². The number of nitrogens with two attached hydrogens (primary N) is 1. The van der Waals surface area contributed by atoms with E-state index >= 15 is 0 Å². The van der Waals surface area contributed by atoms with Crippen LogP contribution in [0.15, 0.2) is 0 Å². The van der Waals surface area contributed by atoms with Crippen LogP contribution in [-0.4, -0.2) is 6.04 Å². The van der Waals surface area contributed by atoms with Crippen LogP contribution in [0, 0.1) is 40.4 Å². The lowest BCUT2D eigenvalue weighted by Gasteiger charge is -2.39. The molecule has 0 saturated heterocycles. The second-order valence-electron chi connectivity index (χ2n) is 6.20. The molecule has 0 aromatic rings. The highest BCUT2D eigenvalue weighted by molar-refractivity contribution is 5.07. The molecule has 1 fully saturated rings. The lowest BCUT2D eigenvalue weighted by atomic mass is 9.64. The Balaban J connectivity index is 3.10. The zero-order valence-corrected chi connectivity index (χ0v) is 11.3. The maximum Gasteiger partial charge on any atom is 0.0693 e. The van der Waals surface area contributed by atoms with Crippen LogP contribution in [0.3, 0.4) is 0 Å². The van der Waals surface area contributed by atoms with E-state index in [0.29, 0.717) is 23.7 Å². The molecule has 1 aliphatic carbocycles. The van der Waals surface area contributed by atoms with Crippen LogP contribution in [0.5, 0.6) is 0 Å². The molecular formula is C14H26N2. The number of hydrogen-bond donors (Lipinski definition) is 1. The van der Waals surface area contributed by atoms with Gasteiger partial charge in [0.1, 0.15) is 0 Å². The van der Waals surface area contributed by atoms with Crippen LogP contribution >= 0.6 is 0 Å². The fourth-order valence-electron chi connectivity index (χ4n) is 3.49. The Bertz CT molecular complexity index is 279. The highest BCUT2D eigenvalue weighted by atomic mass is 14.7. The summed E-state index contributed by atoms with van der Waals surface area (Å²) in [5.74, 6) is 2.05. The number of nitriles is 1. The van der Waals surface area contributed by atoms with Crippen molar-refractivity contribution in [2.45, 2.75) is 53.5 Å². The lowest BCUT2D eigenvalue weighted by Crippen LogP contribution is -2.43. The van der Waals surface area contributed by atoms with Gasteiger partial charge in [-0.05, 0) is 50.4 Å². The van der Waals surface area contributed by atoms with Gasteiger partial charge >= 0.3 is 0 Å². The summed E-state index contributed by atoms with van der Waals surface area (Å²) in [4.78, 5) is 0. The van der Waals surface area contributed by atoms with E-state index in [1.165, 1.54) is 6.42 Å². The standard InChI is InChI=1S/C14H26N2/c1-9-6-10(2)11(3)14(5,8-15)13(7-9)12(4)16/h9-13H,6-7,16H2,1-5H3. The molecule has 92 valence electrons. The maximum atomic E-state index is 9.56. The van der Waals surface area contributed by atoms with Crippen molar-refractivity contribution < 1.29 is 0 Å². The van der Waals surface area contributed by atoms with Crippen LogP contribution in [0.25, 0.3) is 0 Å². The van der Waals surface area contributed by atoms with Gasteiger partial charge in [0.25, 0.3) is 0 Å². The van der Waals surface area contributed by atoms with Crippen molar-refractivity contribution in [1.82, 2.24) is 0 Å². The molecule has 0 radical (unpaired) electrons. The molecule has 0 amide bonds. The highest BCUT2D eigenvalue weighted by Crippen LogP contribution is 2.48. The first-order valence-corrected chi connectivity index (χ1v) is 6.49. The summed E-state index contributed by atoms with van der Waals surface area (Å²) in [6.45, 7) is 11.0. The molecule has 0 heterocycles. The Morgan fingerprint density at radius 1 is 1.31 bits per heavy atom. The molecule has 1 saturated carbocycles. The molecule has 2 heteroatoms. The number of nitrogens with zero attached hydrogens (tertiary/aromatic N) is 1. The Labute approximate surface area is 100 Å². The van der Waals surface area contributed by atoms with Gasteiger partial charge in [-0.3, -0.25) is 0 Å². The monoisotopic (exact) mass is 222 g/mol. The summed E-state index contributed by atoms with van der Waals surface area (Å²) in [6.07, 6.45) is 2.32. The SMILES string of the molecule is CC1CC(C)C(C)C(C)(C#N)C(C(C)N)C1. The molecule has 2 nitrogen and oxygen atoms in total. The first-order chi connectivity index (χ1) is 7.32. The number of hydrogen-bond acceptors (Lipinski definition) is 2. The van der Waals surface area contributed by atoms with Crippen molar-refractivity contribution in [2.24, 2.45) is 34.8 Å². The molecule has 16 heavy (non-hydrogen) atoms. The summed E-state index contributed by atoms with van der Waals surface area (Å²) < 4.78 is 0. The molecule has 1 rings (SSSR count). The number of rotatable bonds is 1. The van der Waals surface area contributed by atoms with Gasteiger partial charge in [0, 0.05) is 6.04 Å². The van der Waals surface area contributed by atoms with E-state index in [0.717, 1.165) is 6.42 Å². The van der Waals surface area contributed by atoms with Gasteiger partial charge in [-0.1, -0.05) is 20.8 Å². The highest BCUT2D eigenvalue weighted by Gasteiger charge is 2.46. The van der Waals surface area contributed by atoms with Crippen LogP contribution in [0.1, 0.15) is 47.5 Å². The second-order valence-corrected chi connectivity index (χ2v) is 6.20. The van der Waals surface area contributed by atoms with Crippen LogP contribution in [0.4, 0.5) is 0 Å². The average molecular weight is 222 g/mol. The molecule has 0 aromatic carbocycles. The fourth-order valence-corrected chi connectivity index (χ4v) is 3.49. The van der Waals surface area contributed by atoms with Crippen molar-refractivity contribution in [2.75, 3.05) is 0 Å². The van der Waals surface area contributed by atoms with Crippen LogP contribution in [-0.2, 0) is 0 Å². The van der Waals surface area contributed by atoms with Gasteiger partial charge in [-0.25, -0.2) is 0 Å². The minimum absolute atomic E-state index is 0.111. The largest absolute Gasteiger partial charge is 0.328 e. The van der Waals surface area contributed by atoms with Gasteiger partial charge in [0.05, 0.1) is 11.5 Å². The van der Waals surface area contributed by atoms with E-state index in [-0.39, 0.29) is 11.5 Å². The minimum Gasteiger partial charge on any atom is -0.328 e. The third kappa shape index (κ3) is 2.25. The predicted molar refractivity (Wildman–Crippen MR) is 67.6 cm³/mol. The van der Waals surface area contributed by atoms with Gasteiger partial charge < -0.3 is 5.73 Å². The van der Waals surface area contributed by atoms with Crippen molar-refractivity contribution in [3.8, 4) is 6.07 Å². The normalized spacial score (nSPS) is 46.8. The third-order valence-corrected chi connectivity index (χ3v) is 4.88. The van der Waals surface area contributed by atoms with Crippen molar-refractivity contribution in [3.05, 3.63) is 0 Å². The Morgan fingerprint density at radius 2 is 1.88 bits per heavy atom. The Hall–Kier alpha value is -0.550. The summed E-state index contributed by atoms with van der Waals surface area (Å²) in [5.41, 5.74) is 5.84. The van der Waals surface area contributed by atoms with Crippen molar-refractivity contribution in [3.63, 3.8) is 0 Å². The van der Waals surface area contributed by atoms with E-state index in [9.17, 15) is 5.26 Å². The fraction of sp³-hybridized carbons (Fsp3) is 0.929. The molecular weight excluding hydrogens is 196 g/mol. The second kappa shape index (κ2) is 4.75. The van der Waals surface area contributed by atoms with Crippen molar-refractivity contribution in [1.29, 1.82) is 5.26 Å². The van der Waals surface area contributed by atoms with E-state index in [1.54, 1.807) is 0 Å². The Morgan fingerprint density at radius 3 is 2.31 bits per heavy atom. The first-order valence-electron chi connectivity index (χ1n) is 6.49. The topological polar surface area (TPSA) is 49.8 Å². The summed E-state index contributed by atoms with van der Waals surface area (Å²) in [6, 6.07) is 2.68. The summed E-state index contributed by atoms with van der Waals surface area (Å²) >= 11 is 0. The van der Waals surface area contributed by atoms with Crippen LogP contribution in [0.2, 0.25) is 0 Å². The molecule has 0 aromatic heterocycles. The van der Waals surface area contributed by atoms with Gasteiger partial charge in [-0.15, -0.1) is 0 Å². The van der Waals surface area contributed by atoms with E-state index in [4.69, 9.17) is 5.73 Å². The molecule has 0 spiro atoms. The summed E-state index contributed by atoms with van der Waals surface area (Å²) in [5, 5.41) is 9.56. The minimum atomic E-state index is -0.266. The van der Waals surface area contributed by atoms with E-state index < -0.39 is 0 Å². The maximum absolute atomic E-state index is 9.56. The van der Waals surface area contributed by atoms with Crippen molar-refractivity contribution >= 4 is 0 Å². The molecule has 6 unspecified atom stereocenters. The quantitative estimate of drug-likeness (QED) is 0.693. The smallest absolute Gasteiger partial charge is 0.0693 e. The van der Waals surface area contributed by atoms with E-state index in [2.05, 4.69) is 40.7 Å². The molecule has 0 aliphatic heterocycles. The van der Waals surface area contributed by atoms with Gasteiger partial charge in [0.2, 0.25) is 0 Å². The molecule has 6 atom stereocenters. The zero-order valence-electron chi connectivity index (χ0n) is 11.3. The van der Waals surface area contributed by atoms with Gasteiger partial charge in [-0.2, -0.15) is 5.26 Å². The lowest BCUT2D eigenvalue weighted by molar-refractivity contribution is 0.127. The zero-order chi connectivity index (χ0) is 12.5. The molecule has 0 bridgehead atoms. The first kappa shape index (κ1) is 13.5.